The van der Waals surface area contributed by atoms with Crippen molar-refractivity contribution in [3.8, 4) is 34.1 Å². The average Bonchev–Trinajstić information content (AvgIpc) is 3.16. The molecule has 2 N–H and O–H groups in total. The number of aromatic hydroxyl groups is 1. The minimum atomic E-state index is -0.0865. The zero-order valence-electron chi connectivity index (χ0n) is 16.3. The number of benzene rings is 2. The normalized spacial score (nSPS) is 10.9. The van der Waals surface area contributed by atoms with Crippen LogP contribution in [0.2, 0.25) is 0 Å². The summed E-state index contributed by atoms with van der Waals surface area (Å²) in [6.07, 6.45) is 1.63. The summed E-state index contributed by atoms with van der Waals surface area (Å²) in [7, 11) is 4.96. The summed E-state index contributed by atoms with van der Waals surface area (Å²) >= 11 is 0. The van der Waals surface area contributed by atoms with Gasteiger partial charge in [0.05, 0.1) is 23.7 Å². The average molecular weight is 388 g/mol. The van der Waals surface area contributed by atoms with Gasteiger partial charge in [0.1, 0.15) is 11.6 Å². The van der Waals surface area contributed by atoms with E-state index in [4.69, 9.17) is 4.74 Å². The number of hydrogen-bond donors (Lipinski definition) is 2. The van der Waals surface area contributed by atoms with Gasteiger partial charge in [-0.15, -0.1) is 0 Å². The van der Waals surface area contributed by atoms with Crippen LogP contribution in [0.4, 0.5) is 0 Å². The number of pyridine rings is 1. The van der Waals surface area contributed by atoms with Crippen LogP contribution >= 0.6 is 0 Å². The first-order valence-corrected chi connectivity index (χ1v) is 9.02. The van der Waals surface area contributed by atoms with Crippen molar-refractivity contribution in [3.05, 3.63) is 60.3 Å². The highest BCUT2D eigenvalue weighted by Gasteiger charge is 2.17. The molecular formula is C22H20N4O3. The summed E-state index contributed by atoms with van der Waals surface area (Å²) in [5, 5.41) is 11.0. The van der Waals surface area contributed by atoms with Crippen molar-refractivity contribution in [2.45, 2.75) is 0 Å². The topological polar surface area (TPSA) is 91.3 Å². The largest absolute Gasteiger partial charge is 0.507 e. The Kier molecular flexibility index (Phi) is 4.64. The Labute approximate surface area is 167 Å². The predicted molar refractivity (Wildman–Crippen MR) is 111 cm³/mol. The van der Waals surface area contributed by atoms with Crippen molar-refractivity contribution in [2.75, 3.05) is 21.2 Å². The van der Waals surface area contributed by atoms with Gasteiger partial charge < -0.3 is 19.7 Å². The predicted octanol–water partition coefficient (Wildman–Crippen LogP) is 3.71. The fourth-order valence-corrected chi connectivity index (χ4v) is 3.24. The molecule has 0 unspecified atom stereocenters. The van der Waals surface area contributed by atoms with Crippen LogP contribution < -0.4 is 4.74 Å². The fraction of sp³-hybridized carbons (Fsp3) is 0.136. The lowest BCUT2D eigenvalue weighted by atomic mass is 10.0. The third-order valence-electron chi connectivity index (χ3n) is 4.68. The van der Waals surface area contributed by atoms with Crippen LogP contribution in [0, 0.1) is 0 Å². The molecule has 0 saturated carbocycles. The van der Waals surface area contributed by atoms with E-state index in [0.29, 0.717) is 39.5 Å². The lowest BCUT2D eigenvalue weighted by Gasteiger charge is -2.11. The van der Waals surface area contributed by atoms with Crippen LogP contribution in [0.1, 0.15) is 10.4 Å². The number of aromatic amines is 1. The van der Waals surface area contributed by atoms with E-state index in [-0.39, 0.29) is 11.7 Å². The second-order valence-electron chi connectivity index (χ2n) is 6.78. The molecule has 29 heavy (non-hydrogen) atoms. The number of ether oxygens (including phenoxy) is 1. The molecule has 0 saturated heterocycles. The van der Waals surface area contributed by atoms with Gasteiger partial charge in [-0.3, -0.25) is 4.79 Å². The molecular weight excluding hydrogens is 368 g/mol. The number of nitrogens with zero attached hydrogens (tertiary/aromatic N) is 3. The summed E-state index contributed by atoms with van der Waals surface area (Å²) in [4.78, 5) is 25.7. The van der Waals surface area contributed by atoms with Crippen LogP contribution in [0.15, 0.2) is 54.7 Å². The molecule has 0 radical (unpaired) electrons. The van der Waals surface area contributed by atoms with Crippen molar-refractivity contribution in [1.82, 2.24) is 19.9 Å². The smallest absolute Gasteiger partial charge is 0.253 e. The van der Waals surface area contributed by atoms with Gasteiger partial charge in [0, 0.05) is 37.0 Å². The monoisotopic (exact) mass is 388 g/mol. The molecule has 4 aromatic rings. The minimum Gasteiger partial charge on any atom is -0.507 e. The maximum absolute atomic E-state index is 12.2. The van der Waals surface area contributed by atoms with E-state index < -0.39 is 0 Å². The maximum atomic E-state index is 12.2. The summed E-state index contributed by atoms with van der Waals surface area (Å²) < 4.78 is 5.32. The highest BCUT2D eigenvalue weighted by Crippen LogP contribution is 2.40. The summed E-state index contributed by atoms with van der Waals surface area (Å²) in [5.74, 6) is 0.923. The van der Waals surface area contributed by atoms with Gasteiger partial charge in [0.25, 0.3) is 5.91 Å². The number of phenols is 1. The van der Waals surface area contributed by atoms with Gasteiger partial charge in [0.2, 0.25) is 5.88 Å². The number of imidazole rings is 1. The Balaban J connectivity index is 1.81. The van der Waals surface area contributed by atoms with Gasteiger partial charge in [-0.1, -0.05) is 12.1 Å². The molecule has 2 heterocycles. The Morgan fingerprint density at radius 3 is 2.59 bits per heavy atom. The van der Waals surface area contributed by atoms with Crippen molar-refractivity contribution >= 4 is 16.9 Å². The number of amides is 1. The number of carbonyl (C=O) groups excluding carboxylic acids is 1. The molecule has 4 rings (SSSR count). The second kappa shape index (κ2) is 7.27. The van der Waals surface area contributed by atoms with E-state index in [2.05, 4.69) is 15.0 Å². The van der Waals surface area contributed by atoms with E-state index in [1.54, 1.807) is 63.8 Å². The quantitative estimate of drug-likeness (QED) is 0.556. The lowest BCUT2D eigenvalue weighted by Crippen LogP contribution is -2.21. The highest BCUT2D eigenvalue weighted by atomic mass is 16.5. The highest BCUT2D eigenvalue weighted by molar-refractivity contribution is 5.97. The number of phenolic OH excluding ortho intramolecular Hbond substituents is 1. The Morgan fingerprint density at radius 2 is 1.83 bits per heavy atom. The third-order valence-corrected chi connectivity index (χ3v) is 4.68. The van der Waals surface area contributed by atoms with Crippen molar-refractivity contribution in [1.29, 1.82) is 0 Å². The minimum absolute atomic E-state index is 0.0717. The van der Waals surface area contributed by atoms with Gasteiger partial charge in [-0.2, -0.15) is 0 Å². The molecule has 0 aliphatic heterocycles. The van der Waals surface area contributed by atoms with Crippen molar-refractivity contribution in [2.24, 2.45) is 0 Å². The van der Waals surface area contributed by atoms with Gasteiger partial charge >= 0.3 is 0 Å². The zero-order valence-corrected chi connectivity index (χ0v) is 16.3. The van der Waals surface area contributed by atoms with E-state index in [0.717, 1.165) is 5.52 Å². The molecule has 0 spiro atoms. The Morgan fingerprint density at radius 1 is 1.07 bits per heavy atom. The lowest BCUT2D eigenvalue weighted by molar-refractivity contribution is 0.0827. The number of nitrogens with one attached hydrogen (secondary N) is 1. The van der Waals surface area contributed by atoms with Crippen LogP contribution in [0.5, 0.6) is 11.6 Å². The number of methoxy groups -OCH3 is 1. The van der Waals surface area contributed by atoms with Crippen LogP contribution in [0.25, 0.3) is 33.5 Å². The summed E-state index contributed by atoms with van der Waals surface area (Å²) in [6, 6.07) is 14.3. The Hall–Kier alpha value is -3.87. The molecule has 0 aliphatic carbocycles. The number of rotatable bonds is 4. The van der Waals surface area contributed by atoms with Gasteiger partial charge in [0.15, 0.2) is 0 Å². The van der Waals surface area contributed by atoms with Crippen molar-refractivity contribution in [3.63, 3.8) is 0 Å². The van der Waals surface area contributed by atoms with Gasteiger partial charge in [-0.25, -0.2) is 9.97 Å². The first-order valence-electron chi connectivity index (χ1n) is 9.02. The zero-order chi connectivity index (χ0) is 20.5. The molecule has 2 aromatic heterocycles. The first kappa shape index (κ1) is 18.5. The van der Waals surface area contributed by atoms with E-state index in [1.807, 2.05) is 12.1 Å². The second-order valence-corrected chi connectivity index (χ2v) is 6.78. The maximum Gasteiger partial charge on any atom is 0.253 e. The molecule has 146 valence electrons. The Bertz CT molecular complexity index is 1210. The van der Waals surface area contributed by atoms with Crippen LogP contribution in [0.3, 0.4) is 0 Å². The molecule has 7 heteroatoms. The van der Waals surface area contributed by atoms with E-state index >= 15 is 0 Å². The third kappa shape index (κ3) is 3.27. The number of para-hydroxylation sites is 1. The SMILES string of the molecule is COc1ncccc1-c1cccc(-c2nc3ccc(C(=O)N(C)C)cc3[nH]2)c1O. The number of carbonyl (C=O) groups is 1. The molecule has 0 fully saturated rings. The van der Waals surface area contributed by atoms with E-state index in [9.17, 15) is 9.90 Å². The number of aromatic nitrogens is 3. The van der Waals surface area contributed by atoms with Gasteiger partial charge in [-0.05, 0) is 36.4 Å². The molecule has 1 amide bonds. The van der Waals surface area contributed by atoms with Crippen LogP contribution in [-0.2, 0) is 0 Å². The molecule has 0 bridgehead atoms. The first-order chi connectivity index (χ1) is 14.0. The number of fused-ring (bicyclic) bond motifs is 1. The molecule has 2 aromatic carbocycles. The molecule has 7 nitrogen and oxygen atoms in total. The molecule has 0 aliphatic rings. The standard InChI is InChI=1S/C22H20N4O3/c1-26(2)22(28)13-9-10-17-18(12-13)25-20(24-17)16-7-4-6-14(19(16)27)15-8-5-11-23-21(15)29-3/h4-12,27H,1-3H3,(H,24,25). The summed E-state index contributed by atoms with van der Waals surface area (Å²) in [5.41, 5.74) is 3.82. The van der Waals surface area contributed by atoms with E-state index in [1.165, 1.54) is 4.90 Å². The number of H-pyrrole nitrogens is 1. The number of hydrogen-bond acceptors (Lipinski definition) is 5. The summed E-state index contributed by atoms with van der Waals surface area (Å²) in [6.45, 7) is 0. The van der Waals surface area contributed by atoms with Crippen LogP contribution in [-0.4, -0.2) is 52.1 Å². The fourth-order valence-electron chi connectivity index (χ4n) is 3.24. The van der Waals surface area contributed by atoms with Crippen molar-refractivity contribution < 1.29 is 14.6 Å². The molecule has 0 atom stereocenters.